The van der Waals surface area contributed by atoms with Crippen molar-refractivity contribution in [3.05, 3.63) is 59.1 Å². The molecule has 0 unspecified atom stereocenters. The van der Waals surface area contributed by atoms with Gasteiger partial charge in [-0.05, 0) is 47.2 Å². The Morgan fingerprint density at radius 3 is 2.52 bits per heavy atom. The number of hydrogen-bond acceptors (Lipinski definition) is 7. The van der Waals surface area contributed by atoms with Crippen LogP contribution in [0.2, 0.25) is 5.02 Å². The van der Waals surface area contributed by atoms with Crippen LogP contribution < -0.4 is 10.1 Å². The summed E-state index contributed by atoms with van der Waals surface area (Å²) in [6.07, 6.45) is 0. The molecule has 0 spiro atoms. The molecule has 3 rings (SSSR count). The Balaban J connectivity index is 1.42. The monoisotopic (exact) mass is 415 g/mol. The first-order chi connectivity index (χ1) is 14.0. The van der Waals surface area contributed by atoms with E-state index in [1.807, 2.05) is 12.1 Å². The molecule has 0 aliphatic rings. The van der Waals surface area contributed by atoms with Gasteiger partial charge in [0.25, 0.3) is 5.91 Å². The van der Waals surface area contributed by atoms with Crippen LogP contribution in [0.1, 0.15) is 5.56 Å². The van der Waals surface area contributed by atoms with Crippen molar-refractivity contribution >= 4 is 23.5 Å². The van der Waals surface area contributed by atoms with E-state index in [4.69, 9.17) is 21.1 Å². The molecule has 0 atom stereocenters. The maximum atomic E-state index is 11.9. The van der Waals surface area contributed by atoms with Gasteiger partial charge in [0.1, 0.15) is 5.75 Å². The number of tetrazole rings is 1. The van der Waals surface area contributed by atoms with Crippen molar-refractivity contribution < 1.29 is 19.1 Å². The van der Waals surface area contributed by atoms with Crippen molar-refractivity contribution in [3.8, 4) is 17.1 Å². The van der Waals surface area contributed by atoms with E-state index in [1.54, 1.807) is 43.5 Å². The molecule has 0 aliphatic carbocycles. The van der Waals surface area contributed by atoms with Gasteiger partial charge in [0.15, 0.2) is 13.2 Å². The standard InChI is InChI=1S/C19H18ClN5O4/c1-28-16-8-2-13(3-9-16)10-21-17(26)12-29-18(27)11-25-23-19(22-24-25)14-4-6-15(20)7-5-14/h2-9H,10-12H2,1H3,(H,21,26). The van der Waals surface area contributed by atoms with Crippen LogP contribution in [0.15, 0.2) is 48.5 Å². The molecule has 29 heavy (non-hydrogen) atoms. The number of esters is 1. The number of ether oxygens (including phenoxy) is 2. The summed E-state index contributed by atoms with van der Waals surface area (Å²) in [6, 6.07) is 14.2. The van der Waals surface area contributed by atoms with Crippen LogP contribution in [0, 0.1) is 0 Å². The molecule has 1 N–H and O–H groups in total. The topological polar surface area (TPSA) is 108 Å². The number of hydrogen-bond donors (Lipinski definition) is 1. The van der Waals surface area contributed by atoms with E-state index < -0.39 is 18.5 Å². The molecule has 3 aromatic rings. The summed E-state index contributed by atoms with van der Waals surface area (Å²) in [5.41, 5.74) is 1.61. The van der Waals surface area contributed by atoms with E-state index in [1.165, 1.54) is 0 Å². The van der Waals surface area contributed by atoms with Crippen LogP contribution in [0.3, 0.4) is 0 Å². The molecule has 150 valence electrons. The number of rotatable bonds is 8. The third-order valence-electron chi connectivity index (χ3n) is 3.84. The van der Waals surface area contributed by atoms with Crippen LogP contribution in [0.4, 0.5) is 0 Å². The fourth-order valence-electron chi connectivity index (χ4n) is 2.33. The number of methoxy groups -OCH3 is 1. The van der Waals surface area contributed by atoms with Crippen LogP contribution in [0.5, 0.6) is 5.75 Å². The minimum Gasteiger partial charge on any atom is -0.497 e. The Labute approximate surface area is 171 Å². The summed E-state index contributed by atoms with van der Waals surface area (Å²) in [6.45, 7) is -0.338. The fraction of sp³-hybridized carbons (Fsp3) is 0.211. The smallest absolute Gasteiger partial charge is 0.330 e. The molecule has 0 aliphatic heterocycles. The van der Waals surface area contributed by atoms with Crippen LogP contribution >= 0.6 is 11.6 Å². The van der Waals surface area contributed by atoms with E-state index in [0.717, 1.165) is 16.1 Å². The molecular weight excluding hydrogens is 398 g/mol. The van der Waals surface area contributed by atoms with E-state index in [0.29, 0.717) is 23.0 Å². The van der Waals surface area contributed by atoms with Crippen molar-refractivity contribution in [2.75, 3.05) is 13.7 Å². The second-order valence-corrected chi connectivity index (χ2v) is 6.37. The molecule has 0 fully saturated rings. The van der Waals surface area contributed by atoms with E-state index in [-0.39, 0.29) is 6.54 Å². The lowest BCUT2D eigenvalue weighted by Crippen LogP contribution is -2.29. The Hall–Kier alpha value is -3.46. The molecule has 2 aromatic carbocycles. The van der Waals surface area contributed by atoms with Crippen LogP contribution in [-0.2, 0) is 27.4 Å². The van der Waals surface area contributed by atoms with Gasteiger partial charge in [-0.15, -0.1) is 10.2 Å². The average molecular weight is 416 g/mol. The lowest BCUT2D eigenvalue weighted by Gasteiger charge is -2.07. The SMILES string of the molecule is COc1ccc(CNC(=O)COC(=O)Cn2nnc(-c3ccc(Cl)cc3)n2)cc1. The first kappa shape index (κ1) is 20.3. The van der Waals surface area contributed by atoms with E-state index in [9.17, 15) is 9.59 Å². The van der Waals surface area contributed by atoms with Gasteiger partial charge in [0, 0.05) is 17.1 Å². The number of halogens is 1. The quantitative estimate of drug-likeness (QED) is 0.559. The summed E-state index contributed by atoms with van der Waals surface area (Å²) in [4.78, 5) is 24.8. The summed E-state index contributed by atoms with van der Waals surface area (Å²) in [5.74, 6) is 0.0221. The van der Waals surface area contributed by atoms with E-state index in [2.05, 4.69) is 20.7 Å². The number of nitrogens with one attached hydrogen (secondary N) is 1. The van der Waals surface area contributed by atoms with Gasteiger partial charge in [0.05, 0.1) is 7.11 Å². The molecule has 0 saturated carbocycles. The summed E-state index contributed by atoms with van der Waals surface area (Å²) >= 11 is 5.84. The minimum absolute atomic E-state index is 0.258. The molecule has 1 amide bonds. The second-order valence-electron chi connectivity index (χ2n) is 5.94. The normalized spacial score (nSPS) is 10.4. The van der Waals surface area contributed by atoms with Gasteiger partial charge < -0.3 is 14.8 Å². The Bertz CT molecular complexity index is 973. The van der Waals surface area contributed by atoms with Gasteiger partial charge in [-0.2, -0.15) is 4.80 Å². The fourth-order valence-corrected chi connectivity index (χ4v) is 2.45. The number of carbonyl (C=O) groups excluding carboxylic acids is 2. The summed E-state index contributed by atoms with van der Waals surface area (Å²) < 4.78 is 10.0. The summed E-state index contributed by atoms with van der Waals surface area (Å²) in [5, 5.41) is 15.1. The van der Waals surface area contributed by atoms with Gasteiger partial charge in [-0.3, -0.25) is 4.79 Å². The molecule has 10 heteroatoms. The highest BCUT2D eigenvalue weighted by molar-refractivity contribution is 6.30. The molecule has 9 nitrogen and oxygen atoms in total. The largest absolute Gasteiger partial charge is 0.497 e. The molecule has 1 aromatic heterocycles. The van der Waals surface area contributed by atoms with E-state index >= 15 is 0 Å². The van der Waals surface area contributed by atoms with Crippen molar-refractivity contribution in [2.45, 2.75) is 13.1 Å². The highest BCUT2D eigenvalue weighted by atomic mass is 35.5. The van der Waals surface area contributed by atoms with Crippen molar-refractivity contribution in [1.82, 2.24) is 25.5 Å². The van der Waals surface area contributed by atoms with Crippen molar-refractivity contribution in [1.29, 1.82) is 0 Å². The van der Waals surface area contributed by atoms with Crippen LogP contribution in [-0.4, -0.2) is 45.8 Å². The Morgan fingerprint density at radius 2 is 1.83 bits per heavy atom. The number of nitrogens with zero attached hydrogens (tertiary/aromatic N) is 4. The van der Waals surface area contributed by atoms with Gasteiger partial charge >= 0.3 is 5.97 Å². The highest BCUT2D eigenvalue weighted by Crippen LogP contribution is 2.16. The lowest BCUT2D eigenvalue weighted by atomic mass is 10.2. The van der Waals surface area contributed by atoms with Gasteiger partial charge in [0.2, 0.25) is 5.82 Å². The maximum Gasteiger partial charge on any atom is 0.330 e. The number of aromatic nitrogens is 4. The first-order valence-corrected chi connectivity index (χ1v) is 9.00. The molecule has 0 saturated heterocycles. The Kier molecular flexibility index (Phi) is 6.75. The number of benzene rings is 2. The average Bonchev–Trinajstić information content (AvgIpc) is 3.20. The minimum atomic E-state index is -0.648. The molecule has 0 bridgehead atoms. The lowest BCUT2D eigenvalue weighted by molar-refractivity contribution is -0.149. The van der Waals surface area contributed by atoms with Crippen LogP contribution in [0.25, 0.3) is 11.4 Å². The van der Waals surface area contributed by atoms with Crippen molar-refractivity contribution in [3.63, 3.8) is 0 Å². The van der Waals surface area contributed by atoms with Crippen molar-refractivity contribution in [2.24, 2.45) is 0 Å². The zero-order valence-corrected chi connectivity index (χ0v) is 16.3. The predicted octanol–water partition coefficient (Wildman–Crippen LogP) is 1.86. The molecular formula is C19H18ClN5O4. The highest BCUT2D eigenvalue weighted by Gasteiger charge is 2.12. The number of amides is 1. The molecule has 1 heterocycles. The molecule has 0 radical (unpaired) electrons. The zero-order valence-electron chi connectivity index (χ0n) is 15.5. The Morgan fingerprint density at radius 1 is 1.10 bits per heavy atom. The summed E-state index contributed by atoms with van der Waals surface area (Å²) in [7, 11) is 1.58. The number of carbonyl (C=O) groups is 2. The first-order valence-electron chi connectivity index (χ1n) is 8.62. The maximum absolute atomic E-state index is 11.9. The van der Waals surface area contributed by atoms with Gasteiger partial charge in [-0.1, -0.05) is 23.7 Å². The second kappa shape index (κ2) is 9.65. The third kappa shape index (κ3) is 6.01. The third-order valence-corrected chi connectivity index (χ3v) is 4.09. The zero-order chi connectivity index (χ0) is 20.6. The predicted molar refractivity (Wildman–Crippen MR) is 104 cm³/mol. The van der Waals surface area contributed by atoms with Gasteiger partial charge in [-0.25, -0.2) is 4.79 Å².